The fraction of sp³-hybridized carbons (Fsp3) is 0.500. The first-order valence-electron chi connectivity index (χ1n) is 5.90. The minimum atomic E-state index is 0.0658. The molecule has 1 saturated carbocycles. The van der Waals surface area contributed by atoms with Gasteiger partial charge in [-0.2, -0.15) is 0 Å². The molecule has 3 N–H and O–H groups in total. The van der Waals surface area contributed by atoms with Crippen molar-refractivity contribution in [3.05, 3.63) is 24.0 Å². The summed E-state index contributed by atoms with van der Waals surface area (Å²) in [6.07, 6.45) is 8.30. The number of nitrogens with two attached hydrogens (primary N) is 1. The molecule has 0 atom stereocenters. The molecule has 0 amide bonds. The summed E-state index contributed by atoms with van der Waals surface area (Å²) < 4.78 is 0. The molecule has 2 rings (SSSR count). The van der Waals surface area contributed by atoms with Crippen LogP contribution in [0.1, 0.15) is 37.8 Å². The highest BCUT2D eigenvalue weighted by atomic mass is 32.2. The molecule has 1 heterocycles. The quantitative estimate of drug-likeness (QED) is 0.375. The van der Waals surface area contributed by atoms with Crippen molar-refractivity contribution in [2.75, 3.05) is 0 Å². The highest BCUT2D eigenvalue weighted by Crippen LogP contribution is 2.33. The van der Waals surface area contributed by atoms with Crippen LogP contribution in [-0.4, -0.2) is 21.3 Å². The number of oxime groups is 1. The molecule has 0 bridgehead atoms. The topological polar surface area (TPSA) is 71.5 Å². The Morgan fingerprint density at radius 1 is 1.41 bits per heavy atom. The van der Waals surface area contributed by atoms with E-state index in [2.05, 4.69) is 10.1 Å². The van der Waals surface area contributed by atoms with Crippen molar-refractivity contribution < 1.29 is 5.21 Å². The van der Waals surface area contributed by atoms with Crippen LogP contribution in [0.5, 0.6) is 0 Å². The van der Waals surface area contributed by atoms with Crippen molar-refractivity contribution >= 4 is 17.6 Å². The van der Waals surface area contributed by atoms with Crippen molar-refractivity contribution in [2.24, 2.45) is 10.9 Å². The van der Waals surface area contributed by atoms with E-state index in [0.29, 0.717) is 10.9 Å². The standard InChI is InChI=1S/C12H17N3OS/c13-12(15-16)11-8-10(6-7-14-11)17-9-4-2-1-3-5-9/h6-9,16H,1-5H2,(H2,13,15). The maximum Gasteiger partial charge on any atom is 0.188 e. The van der Waals surface area contributed by atoms with Crippen molar-refractivity contribution in [3.63, 3.8) is 0 Å². The summed E-state index contributed by atoms with van der Waals surface area (Å²) in [5, 5.41) is 12.3. The fourth-order valence-electron chi connectivity index (χ4n) is 2.05. The molecule has 0 aromatic carbocycles. The number of rotatable bonds is 3. The van der Waals surface area contributed by atoms with Crippen LogP contribution in [0.4, 0.5) is 0 Å². The molecule has 1 aromatic heterocycles. The van der Waals surface area contributed by atoms with Gasteiger partial charge >= 0.3 is 0 Å². The Bertz CT molecular complexity index is 402. The predicted molar refractivity (Wildman–Crippen MR) is 69.5 cm³/mol. The molecule has 1 aliphatic rings. The average Bonchev–Trinajstić information content (AvgIpc) is 2.39. The van der Waals surface area contributed by atoms with E-state index in [1.807, 2.05) is 23.9 Å². The Balaban J connectivity index is 2.05. The maximum absolute atomic E-state index is 8.62. The van der Waals surface area contributed by atoms with Crippen molar-refractivity contribution in [1.82, 2.24) is 4.98 Å². The third kappa shape index (κ3) is 3.36. The van der Waals surface area contributed by atoms with Crippen LogP contribution in [0.25, 0.3) is 0 Å². The SMILES string of the molecule is NC(=NO)c1cc(SC2CCCCC2)ccn1. The van der Waals surface area contributed by atoms with Crippen LogP contribution in [0.3, 0.4) is 0 Å². The fourth-order valence-corrected chi connectivity index (χ4v) is 3.32. The third-order valence-corrected chi connectivity index (χ3v) is 4.29. The second kappa shape index (κ2) is 5.91. The van der Waals surface area contributed by atoms with Gasteiger partial charge < -0.3 is 10.9 Å². The van der Waals surface area contributed by atoms with Gasteiger partial charge in [-0.15, -0.1) is 11.8 Å². The summed E-state index contributed by atoms with van der Waals surface area (Å²) in [5.41, 5.74) is 6.06. The van der Waals surface area contributed by atoms with Crippen molar-refractivity contribution in [3.8, 4) is 0 Å². The average molecular weight is 251 g/mol. The summed E-state index contributed by atoms with van der Waals surface area (Å²) >= 11 is 1.87. The van der Waals surface area contributed by atoms with E-state index in [1.54, 1.807) is 6.20 Å². The normalized spacial score (nSPS) is 18.2. The molecule has 1 aromatic rings. The Morgan fingerprint density at radius 3 is 2.88 bits per heavy atom. The molecule has 5 heteroatoms. The van der Waals surface area contributed by atoms with E-state index in [0.717, 1.165) is 4.90 Å². The minimum absolute atomic E-state index is 0.0658. The summed E-state index contributed by atoms with van der Waals surface area (Å²) in [6.45, 7) is 0. The van der Waals surface area contributed by atoms with Gasteiger partial charge in [-0.3, -0.25) is 4.98 Å². The number of amidine groups is 1. The molecular formula is C12H17N3OS. The molecule has 1 aliphatic carbocycles. The van der Waals surface area contributed by atoms with E-state index in [4.69, 9.17) is 10.9 Å². The summed E-state index contributed by atoms with van der Waals surface area (Å²) in [7, 11) is 0. The largest absolute Gasteiger partial charge is 0.409 e. The maximum atomic E-state index is 8.62. The minimum Gasteiger partial charge on any atom is -0.409 e. The van der Waals surface area contributed by atoms with E-state index >= 15 is 0 Å². The van der Waals surface area contributed by atoms with Gasteiger partial charge in [0.05, 0.1) is 0 Å². The van der Waals surface area contributed by atoms with Crippen LogP contribution in [-0.2, 0) is 0 Å². The van der Waals surface area contributed by atoms with Gasteiger partial charge in [0.15, 0.2) is 5.84 Å². The van der Waals surface area contributed by atoms with Crippen LogP contribution in [0, 0.1) is 0 Å². The van der Waals surface area contributed by atoms with E-state index < -0.39 is 0 Å². The van der Waals surface area contributed by atoms with Gasteiger partial charge in [0.25, 0.3) is 0 Å². The zero-order valence-corrected chi connectivity index (χ0v) is 10.5. The number of thioether (sulfide) groups is 1. The zero-order chi connectivity index (χ0) is 12.1. The lowest BCUT2D eigenvalue weighted by molar-refractivity contribution is 0.318. The van der Waals surface area contributed by atoms with Crippen LogP contribution in [0.15, 0.2) is 28.4 Å². The Hall–Kier alpha value is -1.23. The second-order valence-corrected chi connectivity index (χ2v) is 5.61. The summed E-state index contributed by atoms with van der Waals surface area (Å²) in [6, 6.07) is 3.86. The number of hydrogen-bond donors (Lipinski definition) is 2. The van der Waals surface area contributed by atoms with Crippen LogP contribution < -0.4 is 5.73 Å². The Morgan fingerprint density at radius 2 is 2.18 bits per heavy atom. The molecular weight excluding hydrogens is 234 g/mol. The van der Waals surface area contributed by atoms with E-state index in [9.17, 15) is 0 Å². The van der Waals surface area contributed by atoms with Crippen LogP contribution >= 0.6 is 11.8 Å². The molecule has 0 radical (unpaired) electrons. The second-order valence-electron chi connectivity index (χ2n) is 4.24. The lowest BCUT2D eigenvalue weighted by atomic mass is 10.0. The molecule has 0 unspecified atom stereocenters. The number of pyridine rings is 1. The highest BCUT2D eigenvalue weighted by molar-refractivity contribution is 8.00. The van der Waals surface area contributed by atoms with Crippen LogP contribution in [0.2, 0.25) is 0 Å². The number of hydrogen-bond acceptors (Lipinski definition) is 4. The third-order valence-electron chi connectivity index (χ3n) is 2.96. The summed E-state index contributed by atoms with van der Waals surface area (Å²) in [5.74, 6) is 0.0658. The molecule has 0 aliphatic heterocycles. The molecule has 0 spiro atoms. The van der Waals surface area contributed by atoms with E-state index in [-0.39, 0.29) is 5.84 Å². The molecule has 4 nitrogen and oxygen atoms in total. The lowest BCUT2D eigenvalue weighted by Crippen LogP contribution is -2.15. The Labute approximate surface area is 105 Å². The first kappa shape index (κ1) is 12.2. The van der Waals surface area contributed by atoms with E-state index in [1.165, 1.54) is 32.1 Å². The van der Waals surface area contributed by atoms with Gasteiger partial charge in [-0.05, 0) is 25.0 Å². The first-order valence-corrected chi connectivity index (χ1v) is 6.78. The first-order chi connectivity index (χ1) is 8.29. The van der Waals surface area contributed by atoms with Crippen molar-refractivity contribution in [1.29, 1.82) is 0 Å². The van der Waals surface area contributed by atoms with Gasteiger partial charge in [-0.25, -0.2) is 0 Å². The summed E-state index contributed by atoms with van der Waals surface area (Å²) in [4.78, 5) is 5.22. The lowest BCUT2D eigenvalue weighted by Gasteiger charge is -2.20. The smallest absolute Gasteiger partial charge is 0.188 e. The molecule has 0 saturated heterocycles. The highest BCUT2D eigenvalue weighted by Gasteiger charge is 2.15. The number of aromatic nitrogens is 1. The van der Waals surface area contributed by atoms with Gasteiger partial charge in [0.2, 0.25) is 0 Å². The molecule has 17 heavy (non-hydrogen) atoms. The van der Waals surface area contributed by atoms with Gasteiger partial charge in [0.1, 0.15) is 5.69 Å². The monoisotopic (exact) mass is 251 g/mol. The predicted octanol–water partition coefficient (Wildman–Crippen LogP) is 2.60. The van der Waals surface area contributed by atoms with Gasteiger partial charge in [-0.1, -0.05) is 24.4 Å². The Kier molecular flexibility index (Phi) is 4.25. The number of nitrogens with zero attached hydrogens (tertiary/aromatic N) is 2. The van der Waals surface area contributed by atoms with Gasteiger partial charge in [0, 0.05) is 16.3 Å². The molecule has 1 fully saturated rings. The molecule has 92 valence electrons. The zero-order valence-electron chi connectivity index (χ0n) is 9.67. The van der Waals surface area contributed by atoms with Crippen molar-refractivity contribution in [2.45, 2.75) is 42.2 Å².